The first-order valence-corrected chi connectivity index (χ1v) is 9.45. The van der Waals surface area contributed by atoms with Crippen LogP contribution in [0.4, 0.5) is 0 Å². The lowest BCUT2D eigenvalue weighted by atomic mass is 10.2. The van der Waals surface area contributed by atoms with Crippen LogP contribution in [-0.4, -0.2) is 75.5 Å². The fraction of sp³-hybridized carbons (Fsp3) is 0.889. The Balaban J connectivity index is 1.88. The number of amides is 2. The van der Waals surface area contributed by atoms with E-state index in [0.29, 0.717) is 46.1 Å². The van der Waals surface area contributed by atoms with Crippen molar-refractivity contribution in [2.45, 2.75) is 52.0 Å². The Kier molecular flexibility index (Phi) is 12.3. The van der Waals surface area contributed by atoms with Gasteiger partial charge in [0.1, 0.15) is 6.04 Å². The van der Waals surface area contributed by atoms with Gasteiger partial charge in [0.05, 0.1) is 26.4 Å². The molecular weight excluding hydrogens is 324 g/mol. The lowest BCUT2D eigenvalue weighted by Crippen LogP contribution is -2.45. The van der Waals surface area contributed by atoms with Crippen molar-refractivity contribution in [3.63, 3.8) is 0 Å². The Bertz CT molecular complexity index is 378. The Labute approximate surface area is 151 Å². The molecule has 1 saturated heterocycles. The van der Waals surface area contributed by atoms with E-state index < -0.39 is 0 Å². The Hall–Kier alpha value is -1.18. The first-order chi connectivity index (χ1) is 12.2. The molecule has 0 aromatic carbocycles. The molecule has 0 bridgehead atoms. The molecule has 25 heavy (non-hydrogen) atoms. The third-order valence-electron chi connectivity index (χ3n) is 4.11. The molecule has 1 aliphatic rings. The molecule has 1 rings (SSSR count). The number of likely N-dealkylation sites (tertiary alicyclic amines) is 1. The predicted octanol–water partition coefficient (Wildman–Crippen LogP) is 1.35. The highest BCUT2D eigenvalue weighted by Crippen LogP contribution is 2.17. The van der Waals surface area contributed by atoms with Gasteiger partial charge in [0.15, 0.2) is 0 Å². The number of nitrogens with one attached hydrogen (secondary N) is 1. The van der Waals surface area contributed by atoms with Crippen LogP contribution in [0.15, 0.2) is 0 Å². The maximum absolute atomic E-state index is 12.1. The lowest BCUT2D eigenvalue weighted by molar-refractivity contribution is -0.136. The summed E-state index contributed by atoms with van der Waals surface area (Å²) in [6, 6.07) is -0.300. The second-order valence-electron chi connectivity index (χ2n) is 6.21. The van der Waals surface area contributed by atoms with E-state index >= 15 is 0 Å². The SMILES string of the molecule is CCCCOCCOCCOCCCNC(=O)C1CCCN1C(C)=O. The molecule has 2 amide bonds. The standard InChI is InChI=1S/C18H34N2O5/c1-3-4-10-23-12-14-25-15-13-24-11-6-8-19-18(22)17-7-5-9-20(17)16(2)21/h17H,3-15H2,1-2H3,(H,19,22). The molecule has 0 radical (unpaired) electrons. The fourth-order valence-corrected chi connectivity index (χ4v) is 2.71. The number of carbonyl (C=O) groups excluding carboxylic acids is 2. The van der Waals surface area contributed by atoms with E-state index in [4.69, 9.17) is 14.2 Å². The van der Waals surface area contributed by atoms with Gasteiger partial charge < -0.3 is 24.4 Å². The zero-order valence-electron chi connectivity index (χ0n) is 15.8. The van der Waals surface area contributed by atoms with Crippen LogP contribution in [0.3, 0.4) is 0 Å². The maximum Gasteiger partial charge on any atom is 0.242 e. The van der Waals surface area contributed by atoms with E-state index in [1.165, 1.54) is 6.92 Å². The lowest BCUT2D eigenvalue weighted by Gasteiger charge is -2.22. The highest BCUT2D eigenvalue weighted by Gasteiger charge is 2.31. The predicted molar refractivity (Wildman–Crippen MR) is 95.4 cm³/mol. The minimum Gasteiger partial charge on any atom is -0.379 e. The van der Waals surface area contributed by atoms with Crippen LogP contribution in [0.25, 0.3) is 0 Å². The third-order valence-corrected chi connectivity index (χ3v) is 4.11. The Morgan fingerprint density at radius 3 is 2.20 bits per heavy atom. The highest BCUT2D eigenvalue weighted by molar-refractivity contribution is 5.87. The molecule has 0 aromatic rings. The van der Waals surface area contributed by atoms with Crippen LogP contribution in [0.2, 0.25) is 0 Å². The number of ether oxygens (including phenoxy) is 3. The third kappa shape index (κ3) is 9.77. The summed E-state index contributed by atoms with van der Waals surface area (Å²) in [5.41, 5.74) is 0. The first-order valence-electron chi connectivity index (χ1n) is 9.45. The molecule has 1 fully saturated rings. The average Bonchev–Trinajstić information content (AvgIpc) is 3.09. The molecule has 1 N–H and O–H groups in total. The van der Waals surface area contributed by atoms with Crippen LogP contribution in [0.1, 0.15) is 46.0 Å². The van der Waals surface area contributed by atoms with Gasteiger partial charge in [0, 0.05) is 33.2 Å². The van der Waals surface area contributed by atoms with Gasteiger partial charge in [-0.05, 0) is 25.7 Å². The molecule has 0 saturated carbocycles. The molecule has 146 valence electrons. The van der Waals surface area contributed by atoms with E-state index in [1.807, 2.05) is 0 Å². The van der Waals surface area contributed by atoms with Crippen LogP contribution in [0, 0.1) is 0 Å². The van der Waals surface area contributed by atoms with Gasteiger partial charge in [-0.15, -0.1) is 0 Å². The number of nitrogens with zero attached hydrogens (tertiary/aromatic N) is 1. The summed E-state index contributed by atoms with van der Waals surface area (Å²) in [5, 5.41) is 2.88. The topological polar surface area (TPSA) is 77.1 Å². The quantitative estimate of drug-likeness (QED) is 0.474. The van der Waals surface area contributed by atoms with Gasteiger partial charge >= 0.3 is 0 Å². The molecule has 0 spiro atoms. The summed E-state index contributed by atoms with van der Waals surface area (Å²) in [4.78, 5) is 25.2. The zero-order chi connectivity index (χ0) is 18.3. The zero-order valence-corrected chi connectivity index (χ0v) is 15.8. The van der Waals surface area contributed by atoms with E-state index in [9.17, 15) is 9.59 Å². The van der Waals surface area contributed by atoms with E-state index in [0.717, 1.165) is 38.7 Å². The minimum atomic E-state index is -0.300. The average molecular weight is 358 g/mol. The van der Waals surface area contributed by atoms with Crippen molar-refractivity contribution in [2.75, 3.05) is 52.7 Å². The van der Waals surface area contributed by atoms with Crippen LogP contribution in [-0.2, 0) is 23.8 Å². The van der Waals surface area contributed by atoms with Crippen molar-refractivity contribution in [2.24, 2.45) is 0 Å². The molecule has 0 aromatic heterocycles. The van der Waals surface area contributed by atoms with E-state index in [1.54, 1.807) is 4.90 Å². The minimum absolute atomic E-state index is 0.0308. The number of hydrogen-bond acceptors (Lipinski definition) is 5. The molecule has 1 unspecified atom stereocenters. The highest BCUT2D eigenvalue weighted by atomic mass is 16.5. The maximum atomic E-state index is 12.1. The van der Waals surface area contributed by atoms with Gasteiger partial charge in [-0.2, -0.15) is 0 Å². The van der Waals surface area contributed by atoms with Crippen LogP contribution >= 0.6 is 0 Å². The number of rotatable bonds is 14. The summed E-state index contributed by atoms with van der Waals surface area (Å²) in [7, 11) is 0. The smallest absolute Gasteiger partial charge is 0.242 e. The normalized spacial score (nSPS) is 17.0. The molecule has 7 nitrogen and oxygen atoms in total. The van der Waals surface area contributed by atoms with Gasteiger partial charge in [-0.3, -0.25) is 9.59 Å². The van der Waals surface area contributed by atoms with Gasteiger partial charge in [-0.1, -0.05) is 13.3 Å². The molecule has 1 atom stereocenters. The molecular formula is C18H34N2O5. The molecule has 0 aliphatic carbocycles. The molecule has 1 heterocycles. The first kappa shape index (κ1) is 21.9. The van der Waals surface area contributed by atoms with E-state index in [2.05, 4.69) is 12.2 Å². The second-order valence-corrected chi connectivity index (χ2v) is 6.21. The number of unbranched alkanes of at least 4 members (excludes halogenated alkanes) is 1. The second kappa shape index (κ2) is 14.0. The van der Waals surface area contributed by atoms with Crippen molar-refractivity contribution >= 4 is 11.8 Å². The van der Waals surface area contributed by atoms with Gasteiger partial charge in [0.2, 0.25) is 11.8 Å². The Morgan fingerprint density at radius 1 is 1.00 bits per heavy atom. The van der Waals surface area contributed by atoms with Gasteiger partial charge in [-0.25, -0.2) is 0 Å². The van der Waals surface area contributed by atoms with Crippen molar-refractivity contribution in [3.05, 3.63) is 0 Å². The summed E-state index contributed by atoms with van der Waals surface area (Å²) >= 11 is 0. The number of carbonyl (C=O) groups is 2. The Morgan fingerprint density at radius 2 is 1.60 bits per heavy atom. The van der Waals surface area contributed by atoms with Crippen molar-refractivity contribution in [1.29, 1.82) is 0 Å². The number of hydrogen-bond donors (Lipinski definition) is 1. The van der Waals surface area contributed by atoms with Crippen molar-refractivity contribution in [1.82, 2.24) is 10.2 Å². The fourth-order valence-electron chi connectivity index (χ4n) is 2.71. The summed E-state index contributed by atoms with van der Waals surface area (Å²) in [6.45, 7) is 8.60. The van der Waals surface area contributed by atoms with E-state index in [-0.39, 0.29) is 17.9 Å². The molecule has 1 aliphatic heterocycles. The summed E-state index contributed by atoms with van der Waals surface area (Å²) < 4.78 is 16.3. The summed E-state index contributed by atoms with van der Waals surface area (Å²) in [6.07, 6.45) is 4.63. The monoisotopic (exact) mass is 358 g/mol. The summed E-state index contributed by atoms with van der Waals surface area (Å²) in [5.74, 6) is -0.0872. The van der Waals surface area contributed by atoms with Gasteiger partial charge in [0.25, 0.3) is 0 Å². The van der Waals surface area contributed by atoms with Crippen molar-refractivity contribution in [3.8, 4) is 0 Å². The van der Waals surface area contributed by atoms with Crippen molar-refractivity contribution < 1.29 is 23.8 Å². The van der Waals surface area contributed by atoms with Crippen LogP contribution in [0.5, 0.6) is 0 Å². The van der Waals surface area contributed by atoms with Crippen LogP contribution < -0.4 is 5.32 Å². The molecule has 7 heteroatoms. The largest absolute Gasteiger partial charge is 0.379 e.